The van der Waals surface area contributed by atoms with E-state index in [4.69, 9.17) is 4.74 Å². The molecule has 3 aromatic rings. The summed E-state index contributed by atoms with van der Waals surface area (Å²) in [5.74, 6) is 0.604. The number of nitrogens with one attached hydrogen (secondary N) is 1. The molecule has 0 aliphatic rings. The van der Waals surface area contributed by atoms with Crippen molar-refractivity contribution in [2.45, 2.75) is 18.2 Å². The van der Waals surface area contributed by atoms with E-state index in [0.29, 0.717) is 5.75 Å². The molecule has 0 saturated heterocycles. The van der Waals surface area contributed by atoms with Gasteiger partial charge in [0.05, 0.1) is 23.0 Å². The highest BCUT2D eigenvalue weighted by molar-refractivity contribution is 7.92. The Hall–Kier alpha value is -2.93. The van der Waals surface area contributed by atoms with E-state index >= 15 is 0 Å². The first-order valence-electron chi connectivity index (χ1n) is 7.73. The van der Waals surface area contributed by atoms with E-state index in [2.05, 4.69) is 14.7 Å². The molecular weight excluding hydrogens is 338 g/mol. The van der Waals surface area contributed by atoms with Crippen molar-refractivity contribution < 1.29 is 13.2 Å². The summed E-state index contributed by atoms with van der Waals surface area (Å²) in [5, 5.41) is 0. The summed E-state index contributed by atoms with van der Waals surface area (Å²) in [6, 6.07) is 16.0. The summed E-state index contributed by atoms with van der Waals surface area (Å²) < 4.78 is 32.7. The Kier molecular flexibility index (Phi) is 4.95. The molecule has 0 spiro atoms. The smallest absolute Gasteiger partial charge is 0.322 e. The topological polar surface area (TPSA) is 81.2 Å². The Morgan fingerprint density at radius 3 is 2.20 bits per heavy atom. The molecule has 25 heavy (non-hydrogen) atoms. The highest BCUT2D eigenvalue weighted by Crippen LogP contribution is 2.19. The SMILES string of the molecule is CCc1ccc(S(=O)(=O)Nc2cnc(Oc3ccccc3)nc2)cc1. The maximum absolute atomic E-state index is 12.4. The number of anilines is 1. The Bertz CT molecular complexity index is 926. The zero-order chi connectivity index (χ0) is 17.7. The van der Waals surface area contributed by atoms with Crippen LogP contribution >= 0.6 is 0 Å². The van der Waals surface area contributed by atoms with Crippen LogP contribution in [0.4, 0.5) is 5.69 Å². The first kappa shape index (κ1) is 16.9. The fraction of sp³-hybridized carbons (Fsp3) is 0.111. The molecule has 6 nitrogen and oxygen atoms in total. The largest absolute Gasteiger partial charge is 0.424 e. The highest BCUT2D eigenvalue weighted by Gasteiger charge is 2.14. The van der Waals surface area contributed by atoms with Crippen LogP contribution in [-0.4, -0.2) is 18.4 Å². The van der Waals surface area contributed by atoms with Crippen molar-refractivity contribution in [1.82, 2.24) is 9.97 Å². The van der Waals surface area contributed by atoms with Gasteiger partial charge in [-0.2, -0.15) is 0 Å². The molecule has 3 rings (SSSR count). The number of hydrogen-bond donors (Lipinski definition) is 1. The number of ether oxygens (including phenoxy) is 1. The van der Waals surface area contributed by atoms with Gasteiger partial charge in [-0.3, -0.25) is 4.72 Å². The van der Waals surface area contributed by atoms with Gasteiger partial charge in [0.2, 0.25) is 0 Å². The summed E-state index contributed by atoms with van der Waals surface area (Å²) in [6.07, 6.45) is 3.58. The fourth-order valence-corrected chi connectivity index (χ4v) is 3.16. The molecule has 1 aromatic heterocycles. The molecule has 0 unspecified atom stereocenters. The van der Waals surface area contributed by atoms with Gasteiger partial charge in [-0.1, -0.05) is 37.3 Å². The molecule has 0 aliphatic carbocycles. The normalized spacial score (nSPS) is 11.1. The number of para-hydroxylation sites is 1. The number of sulfonamides is 1. The molecule has 2 aromatic carbocycles. The third kappa shape index (κ3) is 4.33. The van der Waals surface area contributed by atoms with Crippen LogP contribution in [-0.2, 0) is 16.4 Å². The zero-order valence-electron chi connectivity index (χ0n) is 13.6. The summed E-state index contributed by atoms with van der Waals surface area (Å²) in [7, 11) is -3.68. The molecule has 0 atom stereocenters. The molecule has 0 bridgehead atoms. The summed E-state index contributed by atoms with van der Waals surface area (Å²) in [4.78, 5) is 8.23. The first-order valence-corrected chi connectivity index (χ1v) is 9.22. The second-order valence-electron chi connectivity index (χ2n) is 5.27. The van der Waals surface area contributed by atoms with Crippen LogP contribution < -0.4 is 9.46 Å². The predicted molar refractivity (Wildman–Crippen MR) is 95.2 cm³/mol. The average molecular weight is 355 g/mol. The third-order valence-electron chi connectivity index (χ3n) is 3.47. The first-order chi connectivity index (χ1) is 12.1. The molecule has 0 fully saturated rings. The van der Waals surface area contributed by atoms with Crippen LogP contribution in [0.15, 0.2) is 71.9 Å². The van der Waals surface area contributed by atoms with Gasteiger partial charge in [-0.15, -0.1) is 0 Å². The van der Waals surface area contributed by atoms with Crippen LogP contribution in [0.5, 0.6) is 11.8 Å². The van der Waals surface area contributed by atoms with Crippen LogP contribution in [0, 0.1) is 0 Å². The fourth-order valence-electron chi connectivity index (χ4n) is 2.13. The van der Waals surface area contributed by atoms with Gasteiger partial charge in [-0.05, 0) is 36.2 Å². The number of aromatic nitrogens is 2. The summed E-state index contributed by atoms with van der Waals surface area (Å²) in [5.41, 5.74) is 1.34. The monoisotopic (exact) mass is 355 g/mol. The van der Waals surface area contributed by atoms with Crippen LogP contribution in [0.2, 0.25) is 0 Å². The number of aryl methyl sites for hydroxylation is 1. The van der Waals surface area contributed by atoms with Crippen molar-refractivity contribution in [1.29, 1.82) is 0 Å². The van der Waals surface area contributed by atoms with Gasteiger partial charge in [-0.25, -0.2) is 18.4 Å². The predicted octanol–water partition coefficient (Wildman–Crippen LogP) is 3.63. The quantitative estimate of drug-likeness (QED) is 0.730. The molecule has 1 heterocycles. The molecule has 0 aliphatic heterocycles. The number of nitrogens with zero attached hydrogens (tertiary/aromatic N) is 2. The number of rotatable bonds is 6. The van der Waals surface area contributed by atoms with Crippen molar-refractivity contribution in [2.24, 2.45) is 0 Å². The van der Waals surface area contributed by atoms with Crippen LogP contribution in [0.3, 0.4) is 0 Å². The highest BCUT2D eigenvalue weighted by atomic mass is 32.2. The van der Waals surface area contributed by atoms with Gasteiger partial charge in [0.1, 0.15) is 5.75 Å². The lowest BCUT2D eigenvalue weighted by Crippen LogP contribution is -2.13. The third-order valence-corrected chi connectivity index (χ3v) is 4.87. The van der Waals surface area contributed by atoms with Crippen molar-refractivity contribution in [3.8, 4) is 11.8 Å². The zero-order valence-corrected chi connectivity index (χ0v) is 14.4. The van der Waals surface area contributed by atoms with E-state index < -0.39 is 10.0 Å². The van der Waals surface area contributed by atoms with Crippen molar-refractivity contribution in [2.75, 3.05) is 4.72 Å². The summed E-state index contributed by atoms with van der Waals surface area (Å²) >= 11 is 0. The molecule has 0 radical (unpaired) electrons. The van der Waals surface area contributed by atoms with Crippen LogP contribution in [0.1, 0.15) is 12.5 Å². The Labute approximate surface area is 146 Å². The number of benzene rings is 2. The lowest BCUT2D eigenvalue weighted by atomic mass is 10.2. The van der Waals surface area contributed by atoms with Gasteiger partial charge in [0, 0.05) is 0 Å². The van der Waals surface area contributed by atoms with Gasteiger partial charge >= 0.3 is 6.01 Å². The van der Waals surface area contributed by atoms with Crippen molar-refractivity contribution >= 4 is 15.7 Å². The maximum atomic E-state index is 12.4. The second kappa shape index (κ2) is 7.31. The Morgan fingerprint density at radius 2 is 1.60 bits per heavy atom. The minimum Gasteiger partial charge on any atom is -0.424 e. The minimum atomic E-state index is -3.68. The molecule has 7 heteroatoms. The number of hydrogen-bond acceptors (Lipinski definition) is 5. The average Bonchev–Trinajstić information content (AvgIpc) is 2.64. The molecule has 0 saturated carbocycles. The van der Waals surface area contributed by atoms with Crippen molar-refractivity contribution in [3.05, 3.63) is 72.6 Å². The van der Waals surface area contributed by atoms with Gasteiger partial charge in [0.25, 0.3) is 10.0 Å². The van der Waals surface area contributed by atoms with Gasteiger partial charge < -0.3 is 4.74 Å². The maximum Gasteiger partial charge on any atom is 0.322 e. The van der Waals surface area contributed by atoms with E-state index in [1.165, 1.54) is 12.4 Å². The minimum absolute atomic E-state index is 0.140. The Morgan fingerprint density at radius 1 is 0.960 bits per heavy atom. The van der Waals surface area contributed by atoms with E-state index in [-0.39, 0.29) is 16.6 Å². The summed E-state index contributed by atoms with van der Waals surface area (Å²) in [6.45, 7) is 2.01. The molecule has 0 amide bonds. The van der Waals surface area contributed by atoms with Crippen molar-refractivity contribution in [3.63, 3.8) is 0 Å². The standard InChI is InChI=1S/C18H17N3O3S/c1-2-14-8-10-17(11-9-14)25(22,23)21-15-12-19-18(20-13-15)24-16-6-4-3-5-7-16/h3-13,21H,2H2,1H3. The molecular formula is C18H17N3O3S. The lowest BCUT2D eigenvalue weighted by Gasteiger charge is -2.09. The van der Waals surface area contributed by atoms with E-state index in [0.717, 1.165) is 12.0 Å². The van der Waals surface area contributed by atoms with E-state index in [1.807, 2.05) is 25.1 Å². The van der Waals surface area contributed by atoms with Gasteiger partial charge in [0.15, 0.2) is 0 Å². The Balaban J connectivity index is 1.71. The van der Waals surface area contributed by atoms with E-state index in [1.54, 1.807) is 36.4 Å². The molecule has 1 N–H and O–H groups in total. The van der Waals surface area contributed by atoms with E-state index in [9.17, 15) is 8.42 Å². The molecule has 128 valence electrons. The second-order valence-corrected chi connectivity index (χ2v) is 6.95. The lowest BCUT2D eigenvalue weighted by molar-refractivity contribution is 0.442. The van der Waals surface area contributed by atoms with Crippen LogP contribution in [0.25, 0.3) is 0 Å².